The number of phenols is 2. The molecule has 2 aromatic rings. The van der Waals surface area contributed by atoms with Gasteiger partial charge in [0.2, 0.25) is 9.84 Å². The van der Waals surface area contributed by atoms with Crippen molar-refractivity contribution in [3.05, 3.63) is 48.0 Å². The third-order valence-electron chi connectivity index (χ3n) is 3.26. The van der Waals surface area contributed by atoms with Crippen molar-refractivity contribution in [2.24, 2.45) is 5.73 Å². The quantitative estimate of drug-likeness (QED) is 0.594. The lowest BCUT2D eigenvalue weighted by Crippen LogP contribution is -2.32. The largest absolute Gasteiger partial charge is 0.504 e. The fourth-order valence-corrected chi connectivity index (χ4v) is 3.59. The van der Waals surface area contributed by atoms with Crippen LogP contribution in [0.4, 0.5) is 0 Å². The van der Waals surface area contributed by atoms with E-state index in [0.29, 0.717) is 0 Å². The molecule has 5 N–H and O–H groups in total. The first-order chi connectivity index (χ1) is 10.7. The van der Waals surface area contributed by atoms with Crippen LogP contribution in [-0.4, -0.2) is 35.7 Å². The van der Waals surface area contributed by atoms with Crippen LogP contribution in [0.25, 0.3) is 0 Å². The summed E-state index contributed by atoms with van der Waals surface area (Å²) in [4.78, 5) is 10.6. The number of aromatic hydroxyl groups is 2. The molecule has 2 rings (SSSR count). The molecular weight excluding hydrogens is 322 g/mol. The van der Waals surface area contributed by atoms with Gasteiger partial charge < -0.3 is 21.1 Å². The Morgan fingerprint density at radius 3 is 2.22 bits per heavy atom. The first-order valence-corrected chi connectivity index (χ1v) is 8.05. The molecular formula is C15H15NO6S. The lowest BCUT2D eigenvalue weighted by atomic mass is 10.1. The maximum atomic E-state index is 12.7. The molecule has 0 unspecified atom stereocenters. The zero-order valence-corrected chi connectivity index (χ0v) is 12.7. The maximum absolute atomic E-state index is 12.7. The number of benzene rings is 2. The summed E-state index contributed by atoms with van der Waals surface area (Å²) >= 11 is 0. The molecule has 8 heteroatoms. The second-order valence-corrected chi connectivity index (χ2v) is 6.83. The van der Waals surface area contributed by atoms with Crippen LogP contribution in [0.5, 0.6) is 11.5 Å². The molecule has 0 saturated heterocycles. The van der Waals surface area contributed by atoms with Crippen LogP contribution in [0.1, 0.15) is 5.56 Å². The van der Waals surface area contributed by atoms with Crippen LogP contribution in [0.3, 0.4) is 0 Å². The van der Waals surface area contributed by atoms with E-state index in [2.05, 4.69) is 0 Å². The highest BCUT2D eigenvalue weighted by atomic mass is 32.2. The van der Waals surface area contributed by atoms with Gasteiger partial charge in [-0.05, 0) is 30.2 Å². The van der Waals surface area contributed by atoms with E-state index >= 15 is 0 Å². The number of nitrogens with two attached hydrogens (primary N) is 1. The molecule has 0 aliphatic carbocycles. The van der Waals surface area contributed by atoms with Crippen molar-refractivity contribution >= 4 is 15.8 Å². The van der Waals surface area contributed by atoms with E-state index in [4.69, 9.17) is 10.8 Å². The van der Waals surface area contributed by atoms with Gasteiger partial charge in [0.15, 0.2) is 11.5 Å². The van der Waals surface area contributed by atoms with Crippen molar-refractivity contribution in [3.63, 3.8) is 0 Å². The normalized spacial score (nSPS) is 12.7. The summed E-state index contributed by atoms with van der Waals surface area (Å²) in [7, 11) is -4.00. The van der Waals surface area contributed by atoms with Gasteiger partial charge in [-0.2, -0.15) is 0 Å². The first-order valence-electron chi connectivity index (χ1n) is 6.57. The maximum Gasteiger partial charge on any atom is 0.320 e. The second-order valence-electron chi connectivity index (χ2n) is 4.91. The Kier molecular flexibility index (Phi) is 4.57. The fourth-order valence-electron chi connectivity index (χ4n) is 2.06. The van der Waals surface area contributed by atoms with Crippen LogP contribution in [0.15, 0.2) is 52.3 Å². The molecule has 23 heavy (non-hydrogen) atoms. The van der Waals surface area contributed by atoms with E-state index in [0.717, 1.165) is 12.1 Å². The van der Waals surface area contributed by atoms with Crippen LogP contribution in [0, 0.1) is 0 Å². The van der Waals surface area contributed by atoms with Crippen molar-refractivity contribution in [3.8, 4) is 11.5 Å². The SMILES string of the molecule is N[C@@H](Cc1cc(O)c(O)cc1S(=O)(=O)c1ccccc1)C(=O)O. The Labute approximate surface area is 132 Å². The van der Waals surface area contributed by atoms with Gasteiger partial charge in [-0.15, -0.1) is 0 Å². The Balaban J connectivity index is 2.61. The van der Waals surface area contributed by atoms with E-state index in [1.54, 1.807) is 6.07 Å². The predicted molar refractivity (Wildman–Crippen MR) is 81.0 cm³/mol. The number of hydrogen-bond acceptors (Lipinski definition) is 6. The van der Waals surface area contributed by atoms with Crippen molar-refractivity contribution < 1.29 is 28.5 Å². The zero-order chi connectivity index (χ0) is 17.2. The molecule has 7 nitrogen and oxygen atoms in total. The lowest BCUT2D eigenvalue weighted by Gasteiger charge is -2.14. The van der Waals surface area contributed by atoms with Crippen LogP contribution >= 0.6 is 0 Å². The van der Waals surface area contributed by atoms with Gasteiger partial charge in [-0.25, -0.2) is 8.42 Å². The van der Waals surface area contributed by atoms with E-state index in [9.17, 15) is 23.4 Å². The number of hydrogen-bond donors (Lipinski definition) is 4. The monoisotopic (exact) mass is 337 g/mol. The number of carbonyl (C=O) groups is 1. The molecule has 1 atom stereocenters. The number of phenolic OH excluding ortho intramolecular Hbond substituents is 2. The molecule has 0 aliphatic rings. The van der Waals surface area contributed by atoms with Gasteiger partial charge in [-0.1, -0.05) is 18.2 Å². The van der Waals surface area contributed by atoms with Crippen LogP contribution < -0.4 is 5.73 Å². The summed E-state index contributed by atoms with van der Waals surface area (Å²) in [5.74, 6) is -2.47. The molecule has 0 amide bonds. The third-order valence-corrected chi connectivity index (χ3v) is 5.11. The molecule has 0 bridgehead atoms. The van der Waals surface area contributed by atoms with Crippen molar-refractivity contribution in [1.82, 2.24) is 0 Å². The minimum absolute atomic E-state index is 0.0130. The topological polar surface area (TPSA) is 138 Å². The fraction of sp³-hybridized carbons (Fsp3) is 0.133. The predicted octanol–water partition coefficient (Wildman–Crippen LogP) is 0.885. The molecule has 0 aliphatic heterocycles. The number of carboxylic acids is 1. The summed E-state index contributed by atoms with van der Waals surface area (Å²) in [5.41, 5.74) is 5.46. The average molecular weight is 337 g/mol. The van der Waals surface area contributed by atoms with E-state index < -0.39 is 33.3 Å². The number of sulfone groups is 1. The third kappa shape index (κ3) is 3.43. The van der Waals surface area contributed by atoms with Crippen molar-refractivity contribution in [2.45, 2.75) is 22.3 Å². The molecule has 0 fully saturated rings. The Morgan fingerprint density at radius 2 is 1.65 bits per heavy atom. The Bertz CT molecular complexity index is 833. The molecule has 0 spiro atoms. The highest BCUT2D eigenvalue weighted by Crippen LogP contribution is 2.34. The smallest absolute Gasteiger partial charge is 0.320 e. The van der Waals surface area contributed by atoms with Gasteiger partial charge in [0, 0.05) is 6.07 Å². The summed E-state index contributed by atoms with van der Waals surface area (Å²) in [6.45, 7) is 0. The van der Waals surface area contributed by atoms with Crippen LogP contribution in [0.2, 0.25) is 0 Å². The molecule has 0 saturated carbocycles. The highest BCUT2D eigenvalue weighted by Gasteiger charge is 2.25. The minimum atomic E-state index is -4.00. The van der Waals surface area contributed by atoms with Gasteiger partial charge >= 0.3 is 5.97 Å². The Hall–Kier alpha value is -2.58. The zero-order valence-electron chi connectivity index (χ0n) is 11.9. The summed E-state index contributed by atoms with van der Waals surface area (Å²) in [6, 6.07) is 8.03. The summed E-state index contributed by atoms with van der Waals surface area (Å²) < 4.78 is 25.4. The average Bonchev–Trinajstić information content (AvgIpc) is 2.51. The highest BCUT2D eigenvalue weighted by molar-refractivity contribution is 7.91. The summed E-state index contributed by atoms with van der Waals surface area (Å²) in [6.07, 6.45) is -0.315. The second kappa shape index (κ2) is 6.27. The van der Waals surface area contributed by atoms with Crippen molar-refractivity contribution in [2.75, 3.05) is 0 Å². The minimum Gasteiger partial charge on any atom is -0.504 e. The molecule has 122 valence electrons. The van der Waals surface area contributed by atoms with Gasteiger partial charge in [0.05, 0.1) is 9.79 Å². The van der Waals surface area contributed by atoms with E-state index in [1.165, 1.54) is 24.3 Å². The van der Waals surface area contributed by atoms with Gasteiger partial charge in [0.1, 0.15) is 6.04 Å². The molecule has 0 heterocycles. The van der Waals surface area contributed by atoms with Gasteiger partial charge in [0.25, 0.3) is 0 Å². The van der Waals surface area contributed by atoms with E-state index in [-0.39, 0.29) is 21.8 Å². The number of carboxylic acid groups (broad SMARTS) is 1. The standard InChI is InChI=1S/C15H15NO6S/c16-11(15(19)20)6-9-7-12(17)13(18)8-14(9)23(21,22)10-4-2-1-3-5-10/h1-5,7-8,11,17-18H,6,16H2,(H,19,20)/t11-/m0/s1. The summed E-state index contributed by atoms with van der Waals surface area (Å²) in [5, 5.41) is 28.1. The molecule has 2 aromatic carbocycles. The molecule has 0 aromatic heterocycles. The van der Waals surface area contributed by atoms with Crippen LogP contribution in [-0.2, 0) is 21.1 Å². The van der Waals surface area contributed by atoms with Crippen molar-refractivity contribution in [1.29, 1.82) is 0 Å². The lowest BCUT2D eigenvalue weighted by molar-refractivity contribution is -0.138. The van der Waals surface area contributed by atoms with Gasteiger partial charge in [-0.3, -0.25) is 4.79 Å². The Morgan fingerprint density at radius 1 is 1.09 bits per heavy atom. The van der Waals surface area contributed by atoms with E-state index in [1.807, 2.05) is 0 Å². The number of aliphatic carboxylic acids is 1. The first kappa shape index (κ1) is 16.8. The molecule has 0 radical (unpaired) electrons. The number of rotatable bonds is 5.